The van der Waals surface area contributed by atoms with Gasteiger partial charge >= 0.3 is 0 Å². The van der Waals surface area contributed by atoms with E-state index in [1.807, 2.05) is 48.5 Å². The maximum atomic E-state index is 5.97. The molecular formula is C20H22Cl2N6O. The first-order valence-corrected chi connectivity index (χ1v) is 9.52. The number of methoxy groups -OCH3 is 1. The minimum absolute atomic E-state index is 0. The average molecular weight is 433 g/mol. The third-order valence-corrected chi connectivity index (χ3v) is 4.69. The number of hydrogen-bond donors (Lipinski definition) is 2. The molecule has 1 aliphatic heterocycles. The van der Waals surface area contributed by atoms with Gasteiger partial charge in [-0.3, -0.25) is 0 Å². The van der Waals surface area contributed by atoms with Crippen molar-refractivity contribution in [3.05, 3.63) is 53.6 Å². The van der Waals surface area contributed by atoms with Crippen molar-refractivity contribution in [2.45, 2.75) is 12.8 Å². The molecule has 0 atom stereocenters. The monoisotopic (exact) mass is 432 g/mol. The Morgan fingerprint density at radius 3 is 2.21 bits per heavy atom. The van der Waals surface area contributed by atoms with Gasteiger partial charge in [0, 0.05) is 35.6 Å². The molecule has 0 radical (unpaired) electrons. The lowest BCUT2D eigenvalue weighted by Crippen LogP contribution is -2.21. The molecule has 1 aromatic heterocycles. The van der Waals surface area contributed by atoms with Crippen molar-refractivity contribution in [1.29, 1.82) is 0 Å². The molecule has 29 heavy (non-hydrogen) atoms. The summed E-state index contributed by atoms with van der Waals surface area (Å²) in [4.78, 5) is 15.9. The molecule has 152 valence electrons. The molecule has 2 heterocycles. The van der Waals surface area contributed by atoms with Crippen LogP contribution in [-0.2, 0) is 0 Å². The molecule has 0 spiro atoms. The highest BCUT2D eigenvalue weighted by Crippen LogP contribution is 2.24. The molecule has 0 bridgehead atoms. The minimum Gasteiger partial charge on any atom is -0.497 e. The van der Waals surface area contributed by atoms with Crippen LogP contribution in [0.2, 0.25) is 5.02 Å². The molecular weight excluding hydrogens is 411 g/mol. The molecule has 1 aliphatic rings. The number of hydrogen-bond acceptors (Lipinski definition) is 7. The SMILES string of the molecule is COc1cccc(Nc2nc(Nc3ccc(Cl)cc3)nc(N3CCCC3)n2)c1.Cl. The Hall–Kier alpha value is -2.77. The lowest BCUT2D eigenvalue weighted by molar-refractivity contribution is 0.415. The van der Waals surface area contributed by atoms with Gasteiger partial charge in [-0.2, -0.15) is 15.0 Å². The van der Waals surface area contributed by atoms with E-state index in [4.69, 9.17) is 16.3 Å². The van der Waals surface area contributed by atoms with Gasteiger partial charge in [0.25, 0.3) is 0 Å². The predicted molar refractivity (Wildman–Crippen MR) is 120 cm³/mol. The fourth-order valence-corrected chi connectivity index (χ4v) is 3.15. The van der Waals surface area contributed by atoms with Crippen LogP contribution in [0, 0.1) is 0 Å². The van der Waals surface area contributed by atoms with Crippen molar-refractivity contribution in [3.63, 3.8) is 0 Å². The predicted octanol–water partition coefficient (Wildman–Crippen LogP) is 5.04. The largest absolute Gasteiger partial charge is 0.497 e. The fraction of sp³-hybridized carbons (Fsp3) is 0.250. The summed E-state index contributed by atoms with van der Waals surface area (Å²) >= 11 is 5.97. The van der Waals surface area contributed by atoms with Crippen LogP contribution in [0.1, 0.15) is 12.8 Å². The molecule has 1 fully saturated rings. The molecule has 7 nitrogen and oxygen atoms in total. The Balaban J connectivity index is 0.00000240. The highest BCUT2D eigenvalue weighted by Gasteiger charge is 2.17. The van der Waals surface area contributed by atoms with E-state index in [2.05, 4.69) is 30.5 Å². The van der Waals surface area contributed by atoms with Gasteiger partial charge in [-0.05, 0) is 49.2 Å². The number of rotatable bonds is 6. The van der Waals surface area contributed by atoms with Gasteiger partial charge in [0.2, 0.25) is 17.8 Å². The molecule has 2 aromatic carbocycles. The molecule has 4 rings (SSSR count). The first kappa shape index (κ1) is 21.0. The Morgan fingerprint density at radius 1 is 0.897 bits per heavy atom. The number of ether oxygens (including phenoxy) is 1. The van der Waals surface area contributed by atoms with Gasteiger partial charge in [0.05, 0.1) is 7.11 Å². The first-order chi connectivity index (χ1) is 13.7. The van der Waals surface area contributed by atoms with E-state index in [1.54, 1.807) is 7.11 Å². The second-order valence-electron chi connectivity index (χ2n) is 6.47. The number of anilines is 5. The second kappa shape index (κ2) is 9.62. The number of benzene rings is 2. The summed E-state index contributed by atoms with van der Waals surface area (Å²) in [6, 6.07) is 15.1. The Kier molecular flexibility index (Phi) is 6.95. The van der Waals surface area contributed by atoms with Gasteiger partial charge < -0.3 is 20.3 Å². The zero-order valence-corrected chi connectivity index (χ0v) is 17.5. The van der Waals surface area contributed by atoms with Gasteiger partial charge in [-0.15, -0.1) is 12.4 Å². The Bertz CT molecular complexity index is 948. The Morgan fingerprint density at radius 2 is 1.55 bits per heavy atom. The van der Waals surface area contributed by atoms with Crippen molar-refractivity contribution < 1.29 is 4.74 Å². The molecule has 0 saturated carbocycles. The van der Waals surface area contributed by atoms with Crippen molar-refractivity contribution in [1.82, 2.24) is 15.0 Å². The number of nitrogens with zero attached hydrogens (tertiary/aromatic N) is 4. The zero-order valence-electron chi connectivity index (χ0n) is 15.9. The smallest absolute Gasteiger partial charge is 0.233 e. The van der Waals surface area contributed by atoms with Crippen LogP contribution in [0.3, 0.4) is 0 Å². The van der Waals surface area contributed by atoms with Crippen molar-refractivity contribution in [3.8, 4) is 5.75 Å². The van der Waals surface area contributed by atoms with Crippen molar-refractivity contribution >= 4 is 53.2 Å². The van der Waals surface area contributed by atoms with Crippen LogP contribution in [0.25, 0.3) is 0 Å². The summed E-state index contributed by atoms with van der Waals surface area (Å²) in [7, 11) is 1.64. The van der Waals surface area contributed by atoms with E-state index in [1.165, 1.54) is 0 Å². The number of halogens is 2. The molecule has 0 unspecified atom stereocenters. The van der Waals surface area contributed by atoms with Gasteiger partial charge in [-0.1, -0.05) is 17.7 Å². The minimum atomic E-state index is 0. The van der Waals surface area contributed by atoms with Crippen LogP contribution in [0.15, 0.2) is 48.5 Å². The van der Waals surface area contributed by atoms with E-state index in [0.29, 0.717) is 22.9 Å². The summed E-state index contributed by atoms with van der Waals surface area (Å²) in [6.45, 7) is 1.89. The number of aromatic nitrogens is 3. The van der Waals surface area contributed by atoms with Gasteiger partial charge in [0.1, 0.15) is 5.75 Å². The molecule has 0 aliphatic carbocycles. The summed E-state index contributed by atoms with van der Waals surface area (Å²) in [5, 5.41) is 7.16. The van der Waals surface area contributed by atoms with Crippen LogP contribution in [0.5, 0.6) is 5.75 Å². The van der Waals surface area contributed by atoms with E-state index >= 15 is 0 Å². The lowest BCUT2D eigenvalue weighted by atomic mass is 10.3. The maximum absolute atomic E-state index is 5.97. The molecule has 3 aromatic rings. The lowest BCUT2D eigenvalue weighted by Gasteiger charge is -2.17. The molecule has 1 saturated heterocycles. The topological polar surface area (TPSA) is 75.2 Å². The fourth-order valence-electron chi connectivity index (χ4n) is 3.03. The third-order valence-electron chi connectivity index (χ3n) is 4.44. The van der Waals surface area contributed by atoms with E-state index in [9.17, 15) is 0 Å². The standard InChI is InChI=1S/C20H21ClN6O.ClH/c1-28-17-6-4-5-16(13-17)23-19-24-18(22-15-9-7-14(21)8-10-15)25-20(26-19)27-11-2-3-12-27;/h4-10,13H,2-3,11-12H2,1H3,(H2,22,23,24,25,26);1H. The number of nitrogens with one attached hydrogen (secondary N) is 2. The zero-order chi connectivity index (χ0) is 19.3. The first-order valence-electron chi connectivity index (χ1n) is 9.14. The van der Waals surface area contributed by atoms with Crippen molar-refractivity contribution in [2.75, 3.05) is 35.7 Å². The second-order valence-corrected chi connectivity index (χ2v) is 6.90. The normalized spacial score (nSPS) is 13.0. The van der Waals surface area contributed by atoms with Gasteiger partial charge in [0.15, 0.2) is 0 Å². The van der Waals surface area contributed by atoms with Crippen LogP contribution >= 0.6 is 24.0 Å². The quantitative estimate of drug-likeness (QED) is 0.564. The van der Waals surface area contributed by atoms with E-state index in [-0.39, 0.29) is 12.4 Å². The van der Waals surface area contributed by atoms with Crippen LogP contribution in [0.4, 0.5) is 29.2 Å². The third kappa shape index (κ3) is 5.40. The molecule has 0 amide bonds. The summed E-state index contributed by atoms with van der Waals surface area (Å²) in [6.07, 6.45) is 2.29. The Labute approximate surface area is 180 Å². The van der Waals surface area contributed by atoms with E-state index in [0.717, 1.165) is 43.1 Å². The summed E-state index contributed by atoms with van der Waals surface area (Å²) in [5.41, 5.74) is 1.70. The average Bonchev–Trinajstić information content (AvgIpc) is 3.25. The summed E-state index contributed by atoms with van der Waals surface area (Å²) in [5.74, 6) is 2.37. The molecule has 2 N–H and O–H groups in total. The maximum Gasteiger partial charge on any atom is 0.233 e. The van der Waals surface area contributed by atoms with Gasteiger partial charge in [-0.25, -0.2) is 0 Å². The van der Waals surface area contributed by atoms with Crippen LogP contribution in [-0.4, -0.2) is 35.2 Å². The summed E-state index contributed by atoms with van der Waals surface area (Å²) < 4.78 is 5.29. The van der Waals surface area contributed by atoms with Crippen LogP contribution < -0.4 is 20.3 Å². The van der Waals surface area contributed by atoms with E-state index < -0.39 is 0 Å². The molecule has 9 heteroatoms. The highest BCUT2D eigenvalue weighted by atomic mass is 35.5. The van der Waals surface area contributed by atoms with Crippen molar-refractivity contribution in [2.24, 2.45) is 0 Å². The highest BCUT2D eigenvalue weighted by molar-refractivity contribution is 6.30.